The minimum Gasteiger partial charge on any atom is -0.330 e. The average Bonchev–Trinajstić information content (AvgIpc) is 3.12. The number of H-pyrrole nitrogens is 1. The number of pyridine rings is 1. The molecule has 0 bridgehead atoms. The molecule has 0 fully saturated rings. The van der Waals surface area contributed by atoms with Crippen molar-refractivity contribution in [1.29, 1.82) is 5.26 Å². The summed E-state index contributed by atoms with van der Waals surface area (Å²) in [5, 5.41) is 13.3. The zero-order valence-corrected chi connectivity index (χ0v) is 14.2. The van der Waals surface area contributed by atoms with Crippen LogP contribution >= 0.6 is 11.3 Å². The van der Waals surface area contributed by atoms with Crippen LogP contribution < -0.4 is 11.3 Å². The number of benzene rings is 2. The lowest BCUT2D eigenvalue weighted by Gasteiger charge is -2.11. The van der Waals surface area contributed by atoms with Crippen molar-refractivity contribution in [2.75, 3.05) is 6.54 Å². The van der Waals surface area contributed by atoms with E-state index in [0.29, 0.717) is 16.8 Å². The first-order valence-corrected chi connectivity index (χ1v) is 8.86. The van der Waals surface area contributed by atoms with Crippen LogP contribution in [0, 0.1) is 11.3 Å². The maximum absolute atomic E-state index is 12.3. The third-order valence-electron chi connectivity index (χ3n) is 4.39. The van der Waals surface area contributed by atoms with Crippen LogP contribution in [-0.4, -0.2) is 11.5 Å². The summed E-state index contributed by atoms with van der Waals surface area (Å²) in [6.45, 7) is 0.605. The Labute approximate surface area is 148 Å². The van der Waals surface area contributed by atoms with Gasteiger partial charge in [-0.05, 0) is 47.7 Å². The largest absolute Gasteiger partial charge is 0.330 e. The van der Waals surface area contributed by atoms with Crippen LogP contribution in [0.5, 0.6) is 0 Å². The quantitative estimate of drug-likeness (QED) is 0.593. The monoisotopic (exact) mass is 345 g/mol. The highest BCUT2D eigenvalue weighted by molar-refractivity contribution is 7.17. The van der Waals surface area contributed by atoms with Crippen LogP contribution in [0.2, 0.25) is 0 Å². The zero-order valence-electron chi connectivity index (χ0n) is 13.4. The molecule has 0 saturated carbocycles. The number of thiophene rings is 1. The minimum absolute atomic E-state index is 0.0912. The second kappa shape index (κ2) is 6.17. The number of fused-ring (bicyclic) bond motifs is 3. The second-order valence-electron chi connectivity index (χ2n) is 5.88. The molecule has 0 spiro atoms. The van der Waals surface area contributed by atoms with Gasteiger partial charge in [0.05, 0.1) is 11.6 Å². The Balaban J connectivity index is 2.09. The van der Waals surface area contributed by atoms with Gasteiger partial charge in [-0.2, -0.15) is 5.26 Å². The molecule has 122 valence electrons. The van der Waals surface area contributed by atoms with Crippen LogP contribution in [0.15, 0.2) is 52.6 Å². The highest BCUT2D eigenvalue weighted by Crippen LogP contribution is 2.36. The second-order valence-corrected chi connectivity index (χ2v) is 6.79. The molecule has 0 saturated heterocycles. The van der Waals surface area contributed by atoms with E-state index in [1.54, 1.807) is 12.1 Å². The van der Waals surface area contributed by atoms with E-state index in [2.05, 4.69) is 11.1 Å². The number of aromatic amines is 1. The zero-order chi connectivity index (χ0) is 17.4. The van der Waals surface area contributed by atoms with Gasteiger partial charge in [0.25, 0.3) is 5.56 Å². The summed E-state index contributed by atoms with van der Waals surface area (Å²) in [5.41, 5.74) is 9.86. The molecule has 2 aromatic carbocycles. The van der Waals surface area contributed by atoms with Gasteiger partial charge >= 0.3 is 0 Å². The number of aromatic nitrogens is 1. The van der Waals surface area contributed by atoms with Crippen molar-refractivity contribution in [1.82, 2.24) is 4.98 Å². The topological polar surface area (TPSA) is 82.7 Å². The maximum Gasteiger partial charge on any atom is 0.266 e. The fourth-order valence-electron chi connectivity index (χ4n) is 3.25. The smallest absolute Gasteiger partial charge is 0.266 e. The van der Waals surface area contributed by atoms with Gasteiger partial charge in [-0.3, -0.25) is 4.79 Å². The Morgan fingerprint density at radius 2 is 1.92 bits per heavy atom. The summed E-state index contributed by atoms with van der Waals surface area (Å²) in [7, 11) is 0. The molecule has 2 heterocycles. The summed E-state index contributed by atoms with van der Waals surface area (Å²) >= 11 is 1.41. The van der Waals surface area contributed by atoms with Crippen molar-refractivity contribution in [3.05, 3.63) is 69.3 Å². The average molecular weight is 345 g/mol. The van der Waals surface area contributed by atoms with Gasteiger partial charge in [0.15, 0.2) is 0 Å². The van der Waals surface area contributed by atoms with E-state index in [1.807, 2.05) is 35.7 Å². The normalized spacial score (nSPS) is 11.0. The van der Waals surface area contributed by atoms with Gasteiger partial charge in [0.1, 0.15) is 4.70 Å². The molecule has 0 atom stereocenters. The molecule has 0 aliphatic heterocycles. The van der Waals surface area contributed by atoms with Crippen LogP contribution in [0.4, 0.5) is 0 Å². The number of hydrogen-bond acceptors (Lipinski definition) is 4. The molecular weight excluding hydrogens is 330 g/mol. The van der Waals surface area contributed by atoms with E-state index in [4.69, 9.17) is 5.73 Å². The molecule has 0 radical (unpaired) electrons. The van der Waals surface area contributed by atoms with Gasteiger partial charge in [0, 0.05) is 21.9 Å². The van der Waals surface area contributed by atoms with Crippen LogP contribution in [0.3, 0.4) is 0 Å². The maximum atomic E-state index is 12.3. The summed E-state index contributed by atoms with van der Waals surface area (Å²) in [5.74, 6) is 0. The Bertz CT molecular complexity index is 1180. The molecule has 4 nitrogen and oxygen atoms in total. The number of nitrogens with zero attached hydrogens (tertiary/aromatic N) is 1. The van der Waals surface area contributed by atoms with E-state index in [1.165, 1.54) is 16.9 Å². The van der Waals surface area contributed by atoms with Crippen molar-refractivity contribution >= 4 is 32.3 Å². The predicted octanol–water partition coefficient (Wildman–Crippen LogP) is 3.78. The lowest BCUT2D eigenvalue weighted by Crippen LogP contribution is -2.05. The number of rotatable bonds is 3. The van der Waals surface area contributed by atoms with E-state index in [0.717, 1.165) is 33.8 Å². The van der Waals surface area contributed by atoms with Crippen LogP contribution in [-0.2, 0) is 6.42 Å². The Hall–Kier alpha value is -2.94. The number of nitriles is 1. The highest BCUT2D eigenvalue weighted by atomic mass is 32.1. The lowest BCUT2D eigenvalue weighted by molar-refractivity contribution is 0.969. The molecule has 25 heavy (non-hydrogen) atoms. The number of nitrogens with two attached hydrogens (primary N) is 1. The summed E-state index contributed by atoms with van der Waals surface area (Å²) in [4.78, 5) is 15.2. The van der Waals surface area contributed by atoms with Crippen molar-refractivity contribution in [3.63, 3.8) is 0 Å². The third-order valence-corrected chi connectivity index (χ3v) is 5.30. The lowest BCUT2D eigenvalue weighted by atomic mass is 9.93. The van der Waals surface area contributed by atoms with Crippen molar-refractivity contribution in [2.45, 2.75) is 6.42 Å². The molecule has 0 amide bonds. The van der Waals surface area contributed by atoms with Gasteiger partial charge in [0.2, 0.25) is 0 Å². The molecule has 0 unspecified atom stereocenters. The first kappa shape index (κ1) is 15.6. The van der Waals surface area contributed by atoms with E-state index in [9.17, 15) is 10.1 Å². The SMILES string of the molecule is N#Cc1ccc2[nH]c(=O)c3sccc3c2c1-c1ccc(CCN)cc1. The summed E-state index contributed by atoms with van der Waals surface area (Å²) < 4.78 is 0.684. The fraction of sp³-hybridized carbons (Fsp3) is 0.100. The molecule has 4 rings (SSSR count). The summed E-state index contributed by atoms with van der Waals surface area (Å²) in [6, 6.07) is 15.9. The predicted molar refractivity (Wildman–Crippen MR) is 103 cm³/mol. The Kier molecular flexibility index (Phi) is 3.85. The number of hydrogen-bond donors (Lipinski definition) is 2. The van der Waals surface area contributed by atoms with Crippen molar-refractivity contribution in [3.8, 4) is 17.2 Å². The van der Waals surface area contributed by atoms with Gasteiger partial charge < -0.3 is 10.7 Å². The van der Waals surface area contributed by atoms with Crippen LogP contribution in [0.1, 0.15) is 11.1 Å². The summed E-state index contributed by atoms with van der Waals surface area (Å²) in [6.07, 6.45) is 0.822. The molecule has 3 N–H and O–H groups in total. The van der Waals surface area contributed by atoms with E-state index in [-0.39, 0.29) is 5.56 Å². The van der Waals surface area contributed by atoms with E-state index >= 15 is 0 Å². The van der Waals surface area contributed by atoms with Gasteiger partial charge in [-0.1, -0.05) is 24.3 Å². The first-order chi connectivity index (χ1) is 12.2. The standard InChI is InChI=1S/C20H15N3OS/c21-9-7-12-1-3-13(4-2-12)17-14(11-22)5-6-16-18(17)15-8-10-25-19(15)20(24)23-16/h1-6,8,10H,7,9,21H2,(H,23,24). The molecular formula is C20H15N3OS. The van der Waals surface area contributed by atoms with Gasteiger partial charge in [-0.25, -0.2) is 0 Å². The highest BCUT2D eigenvalue weighted by Gasteiger charge is 2.15. The molecule has 0 aliphatic carbocycles. The van der Waals surface area contributed by atoms with Crippen molar-refractivity contribution < 1.29 is 0 Å². The van der Waals surface area contributed by atoms with Gasteiger partial charge in [-0.15, -0.1) is 11.3 Å². The molecule has 2 aromatic heterocycles. The third kappa shape index (κ3) is 2.52. The number of nitrogens with one attached hydrogen (secondary N) is 1. The molecule has 5 heteroatoms. The fourth-order valence-corrected chi connectivity index (χ4v) is 4.04. The Morgan fingerprint density at radius 3 is 2.64 bits per heavy atom. The minimum atomic E-state index is -0.0912. The van der Waals surface area contributed by atoms with Crippen LogP contribution in [0.25, 0.3) is 32.1 Å². The van der Waals surface area contributed by atoms with E-state index < -0.39 is 0 Å². The van der Waals surface area contributed by atoms with Crippen molar-refractivity contribution in [2.24, 2.45) is 5.73 Å². The first-order valence-electron chi connectivity index (χ1n) is 7.98. The Morgan fingerprint density at radius 1 is 1.12 bits per heavy atom. The molecule has 4 aromatic rings. The molecule has 0 aliphatic rings.